The van der Waals surface area contributed by atoms with Gasteiger partial charge < -0.3 is 14.6 Å². The van der Waals surface area contributed by atoms with Gasteiger partial charge in [-0.1, -0.05) is 13.8 Å². The monoisotopic (exact) mass is 352 g/mol. The number of amides is 2. The van der Waals surface area contributed by atoms with Crippen LogP contribution in [0.25, 0.3) is 0 Å². The highest BCUT2D eigenvalue weighted by molar-refractivity contribution is 6.18. The second kappa shape index (κ2) is 7.37. The van der Waals surface area contributed by atoms with E-state index in [-0.39, 0.29) is 31.4 Å². The van der Waals surface area contributed by atoms with Crippen LogP contribution in [0.3, 0.4) is 0 Å². The zero-order valence-electron chi connectivity index (χ0n) is 15.7. The topological polar surface area (TPSA) is 104 Å². The van der Waals surface area contributed by atoms with Crippen LogP contribution >= 0.6 is 0 Å². The molecule has 0 saturated carbocycles. The highest BCUT2D eigenvalue weighted by atomic mass is 16.5. The van der Waals surface area contributed by atoms with Gasteiger partial charge in [-0.15, -0.1) is 0 Å². The van der Waals surface area contributed by atoms with Crippen LogP contribution in [0.4, 0.5) is 0 Å². The van der Waals surface area contributed by atoms with Crippen molar-refractivity contribution in [3.05, 3.63) is 11.1 Å². The first-order chi connectivity index (χ1) is 11.4. The van der Waals surface area contributed by atoms with Crippen LogP contribution in [0.2, 0.25) is 0 Å². The van der Waals surface area contributed by atoms with Crippen molar-refractivity contribution in [3.63, 3.8) is 0 Å². The number of hydrogen-bond acceptors (Lipinski definition) is 6. The summed E-state index contributed by atoms with van der Waals surface area (Å²) in [6.07, 6.45) is 0.395. The van der Waals surface area contributed by atoms with E-state index in [0.29, 0.717) is 17.6 Å². The first kappa shape index (κ1) is 20.9. The number of carboxylic acid groups (broad SMARTS) is 1. The number of carboxylic acids is 1. The summed E-state index contributed by atoms with van der Waals surface area (Å²) >= 11 is 0. The fourth-order valence-corrected chi connectivity index (χ4v) is 2.84. The van der Waals surface area contributed by atoms with Crippen LogP contribution in [0, 0.1) is 10.8 Å². The van der Waals surface area contributed by atoms with Gasteiger partial charge in [-0.2, -0.15) is 0 Å². The molecule has 1 rings (SSSR count). The molecule has 7 heteroatoms. The smallest absolute Gasteiger partial charge is 0.311 e. The Morgan fingerprint density at radius 1 is 1.08 bits per heavy atom. The van der Waals surface area contributed by atoms with Gasteiger partial charge in [-0.25, -0.2) is 0 Å². The highest BCUT2D eigenvalue weighted by Gasteiger charge is 2.39. The summed E-state index contributed by atoms with van der Waals surface area (Å²) in [6.45, 7) is 9.47. The fraction of sp³-hybridized carbons (Fsp3) is 0.667. The minimum atomic E-state index is -1.21. The van der Waals surface area contributed by atoms with Crippen LogP contribution in [0.15, 0.2) is 11.1 Å². The molecule has 1 aliphatic heterocycles. The number of aliphatic carboxylic acids is 1. The Labute approximate surface area is 148 Å². The third kappa shape index (κ3) is 4.27. The van der Waals surface area contributed by atoms with Crippen molar-refractivity contribution in [2.24, 2.45) is 10.8 Å². The molecule has 1 aliphatic rings. The van der Waals surface area contributed by atoms with Crippen molar-refractivity contribution in [1.29, 1.82) is 0 Å². The van der Waals surface area contributed by atoms with Crippen molar-refractivity contribution in [1.82, 2.24) is 4.90 Å². The molecule has 7 nitrogen and oxygen atoms in total. The Morgan fingerprint density at radius 3 is 1.96 bits per heavy atom. The standard InChI is InChI=1S/C18H27NO6/c1-7-18(6,15(22)23)10-17(4,5)16(24)25-9-8-19-13(20)11(2)12(3)14(19)21/h7-10H2,1-6H3,(H,22,23)/p-1. The molecule has 0 bridgehead atoms. The van der Waals surface area contributed by atoms with E-state index in [4.69, 9.17) is 4.74 Å². The molecule has 0 fully saturated rings. The zero-order valence-corrected chi connectivity index (χ0v) is 15.7. The number of nitrogens with zero attached hydrogens (tertiary/aromatic N) is 1. The van der Waals surface area contributed by atoms with Crippen molar-refractivity contribution in [3.8, 4) is 0 Å². The molecule has 2 amide bonds. The number of ether oxygens (including phenoxy) is 1. The van der Waals surface area contributed by atoms with Crippen LogP contribution in [-0.2, 0) is 23.9 Å². The van der Waals surface area contributed by atoms with E-state index in [9.17, 15) is 24.3 Å². The largest absolute Gasteiger partial charge is 0.550 e. The molecule has 1 heterocycles. The van der Waals surface area contributed by atoms with Gasteiger partial charge in [0.05, 0.1) is 12.0 Å². The lowest BCUT2D eigenvalue weighted by Gasteiger charge is -2.36. The molecule has 140 valence electrons. The van der Waals surface area contributed by atoms with E-state index < -0.39 is 22.8 Å². The van der Waals surface area contributed by atoms with Gasteiger partial charge in [0, 0.05) is 22.5 Å². The molecule has 0 spiro atoms. The molecule has 0 aliphatic carbocycles. The molecule has 0 N–H and O–H groups in total. The van der Waals surface area contributed by atoms with Crippen molar-refractivity contribution < 1.29 is 29.0 Å². The maximum atomic E-state index is 12.3. The summed E-state index contributed by atoms with van der Waals surface area (Å²) in [5, 5.41) is 11.3. The molecule has 0 radical (unpaired) electrons. The lowest BCUT2D eigenvalue weighted by atomic mass is 9.72. The minimum absolute atomic E-state index is 0.0281. The molecular formula is C18H26NO6-. The number of carbonyl (C=O) groups excluding carboxylic acids is 4. The lowest BCUT2D eigenvalue weighted by Crippen LogP contribution is -2.45. The van der Waals surface area contributed by atoms with Gasteiger partial charge in [0.2, 0.25) is 0 Å². The molecule has 25 heavy (non-hydrogen) atoms. The predicted molar refractivity (Wildman–Crippen MR) is 87.9 cm³/mol. The number of rotatable bonds is 8. The van der Waals surface area contributed by atoms with Gasteiger partial charge in [-0.05, 0) is 40.5 Å². The molecule has 0 aromatic heterocycles. The van der Waals surface area contributed by atoms with Crippen molar-refractivity contribution in [2.45, 2.75) is 54.4 Å². The second-order valence-electron chi connectivity index (χ2n) is 7.41. The van der Waals surface area contributed by atoms with E-state index in [1.165, 1.54) is 6.92 Å². The first-order valence-electron chi connectivity index (χ1n) is 8.29. The van der Waals surface area contributed by atoms with Crippen LogP contribution < -0.4 is 5.11 Å². The third-order valence-corrected chi connectivity index (χ3v) is 4.90. The Kier molecular flexibility index (Phi) is 6.15. The van der Waals surface area contributed by atoms with E-state index in [1.54, 1.807) is 34.6 Å². The Bertz CT molecular complexity index is 609. The number of esters is 1. The number of carbonyl (C=O) groups is 4. The van der Waals surface area contributed by atoms with Gasteiger partial charge in [0.1, 0.15) is 6.61 Å². The normalized spacial score (nSPS) is 17.8. The molecular weight excluding hydrogens is 326 g/mol. The molecule has 0 aromatic carbocycles. The van der Waals surface area contributed by atoms with Gasteiger partial charge in [0.15, 0.2) is 0 Å². The third-order valence-electron chi connectivity index (χ3n) is 4.90. The molecule has 0 saturated heterocycles. The quantitative estimate of drug-likeness (QED) is 0.473. The van der Waals surface area contributed by atoms with Gasteiger partial charge in [0.25, 0.3) is 11.8 Å². The summed E-state index contributed by atoms with van der Waals surface area (Å²) in [5.41, 5.74) is -1.39. The summed E-state index contributed by atoms with van der Waals surface area (Å²) in [6, 6.07) is 0. The van der Waals surface area contributed by atoms with Crippen LogP contribution in [0.1, 0.15) is 54.4 Å². The second-order valence-corrected chi connectivity index (χ2v) is 7.41. The summed E-state index contributed by atoms with van der Waals surface area (Å²) in [4.78, 5) is 48.6. The van der Waals surface area contributed by atoms with Gasteiger partial charge >= 0.3 is 5.97 Å². The first-order valence-corrected chi connectivity index (χ1v) is 8.29. The SMILES string of the molecule is CCC(C)(CC(C)(C)C(=O)OCCN1C(=O)C(C)=C(C)C1=O)C(=O)[O-]. The highest BCUT2D eigenvalue weighted by Crippen LogP contribution is 2.37. The van der Waals surface area contributed by atoms with Crippen molar-refractivity contribution in [2.75, 3.05) is 13.2 Å². The van der Waals surface area contributed by atoms with Gasteiger partial charge in [-0.3, -0.25) is 19.3 Å². The Morgan fingerprint density at radius 2 is 1.56 bits per heavy atom. The Hall–Kier alpha value is -2.18. The average molecular weight is 352 g/mol. The maximum Gasteiger partial charge on any atom is 0.311 e. The fourth-order valence-electron chi connectivity index (χ4n) is 2.84. The van der Waals surface area contributed by atoms with E-state index in [1.807, 2.05) is 0 Å². The number of imide groups is 1. The van der Waals surface area contributed by atoms with Crippen molar-refractivity contribution >= 4 is 23.8 Å². The van der Waals surface area contributed by atoms with Crippen LogP contribution in [-0.4, -0.2) is 41.8 Å². The molecule has 0 aromatic rings. The summed E-state index contributed by atoms with van der Waals surface area (Å²) < 4.78 is 5.19. The predicted octanol–water partition coefficient (Wildman–Crippen LogP) is 0.817. The lowest BCUT2D eigenvalue weighted by molar-refractivity contribution is -0.319. The molecule has 1 atom stereocenters. The molecule has 1 unspecified atom stereocenters. The summed E-state index contributed by atoms with van der Waals surface area (Å²) in [7, 11) is 0. The average Bonchev–Trinajstić information content (AvgIpc) is 2.71. The zero-order chi connectivity index (χ0) is 19.6. The van der Waals surface area contributed by atoms with Crippen LogP contribution in [0.5, 0.6) is 0 Å². The number of hydrogen-bond donors (Lipinski definition) is 0. The minimum Gasteiger partial charge on any atom is -0.550 e. The maximum absolute atomic E-state index is 12.3. The summed E-state index contributed by atoms with van der Waals surface area (Å²) in [5.74, 6) is -2.54. The van der Waals surface area contributed by atoms with E-state index >= 15 is 0 Å². The Balaban J connectivity index is 2.64. The van der Waals surface area contributed by atoms with E-state index in [0.717, 1.165) is 4.90 Å². The van der Waals surface area contributed by atoms with E-state index in [2.05, 4.69) is 0 Å².